The first kappa shape index (κ1) is 30.8. The highest BCUT2D eigenvalue weighted by molar-refractivity contribution is 7.92. The van der Waals surface area contributed by atoms with Crippen molar-refractivity contribution >= 4 is 27.5 Å². The lowest BCUT2D eigenvalue weighted by molar-refractivity contribution is -0.141. The van der Waals surface area contributed by atoms with E-state index in [4.69, 9.17) is 0 Å². The van der Waals surface area contributed by atoms with E-state index in [2.05, 4.69) is 5.32 Å². The number of para-hydroxylation sites is 1. The van der Waals surface area contributed by atoms with Gasteiger partial charge < -0.3 is 10.2 Å². The average molecular weight is 568 g/mol. The lowest BCUT2D eigenvalue weighted by atomic mass is 10.1. The Morgan fingerprint density at radius 2 is 1.52 bits per heavy atom. The number of carbonyl (C=O) groups excluding carboxylic acids is 2. The van der Waals surface area contributed by atoms with E-state index in [1.807, 2.05) is 27.7 Å². The SMILES string of the molecule is CC[C@H](C(=O)NC(C)(C)C)N(Cc1ccc(F)cc1)C(=O)CN(c1ccccc1C)S(=O)(=O)c1ccc(C)cc1. The highest BCUT2D eigenvalue weighted by Gasteiger charge is 2.35. The molecule has 0 radical (unpaired) electrons. The summed E-state index contributed by atoms with van der Waals surface area (Å²) in [6.45, 7) is 10.4. The molecule has 7 nitrogen and oxygen atoms in total. The van der Waals surface area contributed by atoms with Crippen LogP contribution in [0.4, 0.5) is 10.1 Å². The van der Waals surface area contributed by atoms with Crippen molar-refractivity contribution in [3.05, 3.63) is 95.3 Å². The Bertz CT molecular complexity index is 1430. The van der Waals surface area contributed by atoms with Crippen LogP contribution in [-0.2, 0) is 26.2 Å². The predicted octanol–water partition coefficient (Wildman–Crippen LogP) is 5.36. The highest BCUT2D eigenvalue weighted by Crippen LogP contribution is 2.28. The van der Waals surface area contributed by atoms with E-state index in [0.717, 1.165) is 9.87 Å². The van der Waals surface area contributed by atoms with E-state index in [-0.39, 0.29) is 17.3 Å². The van der Waals surface area contributed by atoms with Crippen molar-refractivity contribution in [2.75, 3.05) is 10.8 Å². The summed E-state index contributed by atoms with van der Waals surface area (Å²) in [5.41, 5.74) is 2.01. The number of amides is 2. The van der Waals surface area contributed by atoms with Gasteiger partial charge in [-0.1, -0.05) is 55.0 Å². The van der Waals surface area contributed by atoms with Gasteiger partial charge in [-0.15, -0.1) is 0 Å². The second kappa shape index (κ2) is 12.6. The maximum absolute atomic E-state index is 14.1. The number of nitrogens with zero attached hydrogens (tertiary/aromatic N) is 2. The van der Waals surface area contributed by atoms with Crippen LogP contribution < -0.4 is 9.62 Å². The van der Waals surface area contributed by atoms with Crippen LogP contribution in [0.3, 0.4) is 0 Å². The van der Waals surface area contributed by atoms with Crippen LogP contribution in [0.25, 0.3) is 0 Å². The molecular weight excluding hydrogens is 529 g/mol. The molecule has 3 rings (SSSR count). The topological polar surface area (TPSA) is 86.8 Å². The number of nitrogens with one attached hydrogen (secondary N) is 1. The summed E-state index contributed by atoms with van der Waals surface area (Å²) in [6, 6.07) is 18.2. The van der Waals surface area contributed by atoms with Crippen molar-refractivity contribution < 1.29 is 22.4 Å². The Balaban J connectivity index is 2.08. The Kier molecular flexibility index (Phi) is 9.73. The quantitative estimate of drug-likeness (QED) is 0.357. The zero-order valence-corrected chi connectivity index (χ0v) is 24.8. The molecule has 0 unspecified atom stereocenters. The van der Waals surface area contributed by atoms with Gasteiger partial charge in [0.15, 0.2) is 0 Å². The van der Waals surface area contributed by atoms with Crippen LogP contribution in [0.15, 0.2) is 77.7 Å². The number of hydrogen-bond acceptors (Lipinski definition) is 4. The van der Waals surface area contributed by atoms with Gasteiger partial charge in [0.2, 0.25) is 11.8 Å². The van der Waals surface area contributed by atoms with E-state index >= 15 is 0 Å². The lowest BCUT2D eigenvalue weighted by Gasteiger charge is -2.35. The molecule has 9 heteroatoms. The fourth-order valence-electron chi connectivity index (χ4n) is 4.35. The van der Waals surface area contributed by atoms with Crippen molar-refractivity contribution in [2.45, 2.75) is 71.0 Å². The molecule has 0 saturated carbocycles. The highest BCUT2D eigenvalue weighted by atomic mass is 32.2. The number of benzene rings is 3. The molecular formula is C31H38FN3O4S. The number of sulfonamides is 1. The third-order valence-electron chi connectivity index (χ3n) is 6.42. The van der Waals surface area contributed by atoms with Crippen LogP contribution in [0.1, 0.15) is 50.8 Å². The average Bonchev–Trinajstić information content (AvgIpc) is 2.88. The van der Waals surface area contributed by atoms with Crippen molar-refractivity contribution in [1.82, 2.24) is 10.2 Å². The minimum absolute atomic E-state index is 0.00136. The second-order valence-electron chi connectivity index (χ2n) is 10.9. The Morgan fingerprint density at radius 3 is 2.08 bits per heavy atom. The first-order chi connectivity index (χ1) is 18.7. The Morgan fingerprint density at radius 1 is 0.925 bits per heavy atom. The molecule has 2 amide bonds. The molecule has 0 bridgehead atoms. The maximum Gasteiger partial charge on any atom is 0.264 e. The minimum Gasteiger partial charge on any atom is -0.350 e. The number of carbonyl (C=O) groups is 2. The molecule has 0 fully saturated rings. The van der Waals surface area contributed by atoms with E-state index in [9.17, 15) is 22.4 Å². The third kappa shape index (κ3) is 7.69. The van der Waals surface area contributed by atoms with Gasteiger partial charge in [0, 0.05) is 12.1 Å². The molecule has 0 saturated heterocycles. The van der Waals surface area contributed by atoms with Gasteiger partial charge in [-0.2, -0.15) is 0 Å². The van der Waals surface area contributed by atoms with Gasteiger partial charge in [-0.05, 0) is 82.5 Å². The van der Waals surface area contributed by atoms with E-state index in [0.29, 0.717) is 23.2 Å². The number of aryl methyl sites for hydroxylation is 2. The van der Waals surface area contributed by atoms with Gasteiger partial charge in [-0.25, -0.2) is 12.8 Å². The van der Waals surface area contributed by atoms with E-state index < -0.39 is 39.9 Å². The zero-order valence-electron chi connectivity index (χ0n) is 23.9. The number of rotatable bonds is 10. The van der Waals surface area contributed by atoms with Crippen molar-refractivity contribution in [3.8, 4) is 0 Å². The maximum atomic E-state index is 14.1. The van der Waals surface area contributed by atoms with Gasteiger partial charge >= 0.3 is 0 Å². The first-order valence-corrected chi connectivity index (χ1v) is 14.7. The lowest BCUT2D eigenvalue weighted by Crippen LogP contribution is -2.55. The monoisotopic (exact) mass is 567 g/mol. The molecule has 0 spiro atoms. The Labute approximate surface area is 237 Å². The van der Waals surface area contributed by atoms with Gasteiger partial charge in [0.1, 0.15) is 18.4 Å². The summed E-state index contributed by atoms with van der Waals surface area (Å²) >= 11 is 0. The Hall–Kier alpha value is -3.72. The van der Waals surface area contributed by atoms with Gasteiger partial charge in [0.25, 0.3) is 10.0 Å². The standard InChI is InChI=1S/C31H38FN3O4S/c1-7-27(30(37)33-31(4,5)6)34(20-24-14-16-25(32)17-15-24)29(36)21-35(28-11-9-8-10-23(28)3)40(38,39)26-18-12-22(2)13-19-26/h8-19,27H,7,20-21H2,1-6H3,(H,33,37)/t27-/m1/s1. The van der Waals surface area contributed by atoms with Crippen molar-refractivity contribution in [1.29, 1.82) is 0 Å². The molecule has 40 heavy (non-hydrogen) atoms. The summed E-state index contributed by atoms with van der Waals surface area (Å²) in [5.74, 6) is -1.33. The molecule has 214 valence electrons. The fourth-order valence-corrected chi connectivity index (χ4v) is 5.83. The number of hydrogen-bond donors (Lipinski definition) is 1. The summed E-state index contributed by atoms with van der Waals surface area (Å²) in [6.07, 6.45) is 0.296. The third-order valence-corrected chi connectivity index (χ3v) is 8.20. The van der Waals surface area contributed by atoms with Gasteiger partial charge in [0.05, 0.1) is 10.6 Å². The second-order valence-corrected chi connectivity index (χ2v) is 12.8. The first-order valence-electron chi connectivity index (χ1n) is 13.2. The van der Waals surface area contributed by atoms with Gasteiger partial charge in [-0.3, -0.25) is 13.9 Å². The number of anilines is 1. The molecule has 1 N–H and O–H groups in total. The summed E-state index contributed by atoms with van der Waals surface area (Å²) < 4.78 is 42.6. The van der Waals surface area contributed by atoms with Crippen LogP contribution >= 0.6 is 0 Å². The molecule has 0 heterocycles. The largest absolute Gasteiger partial charge is 0.350 e. The van der Waals surface area contributed by atoms with Crippen LogP contribution in [-0.4, -0.2) is 43.3 Å². The summed E-state index contributed by atoms with van der Waals surface area (Å²) in [5, 5.41) is 2.93. The van der Waals surface area contributed by atoms with Crippen LogP contribution in [0.2, 0.25) is 0 Å². The van der Waals surface area contributed by atoms with Crippen molar-refractivity contribution in [2.24, 2.45) is 0 Å². The smallest absolute Gasteiger partial charge is 0.264 e. The molecule has 0 aliphatic heterocycles. The minimum atomic E-state index is -4.15. The molecule has 1 atom stereocenters. The summed E-state index contributed by atoms with van der Waals surface area (Å²) in [4.78, 5) is 28.9. The number of halogens is 1. The van der Waals surface area contributed by atoms with Crippen molar-refractivity contribution in [3.63, 3.8) is 0 Å². The molecule has 0 aliphatic rings. The molecule has 0 aromatic heterocycles. The molecule has 0 aliphatic carbocycles. The van der Waals surface area contributed by atoms with E-state index in [1.165, 1.54) is 29.2 Å². The summed E-state index contributed by atoms with van der Waals surface area (Å²) in [7, 11) is -4.15. The normalized spacial score (nSPS) is 12.5. The van der Waals surface area contributed by atoms with Crippen LogP contribution in [0.5, 0.6) is 0 Å². The zero-order chi connectivity index (χ0) is 29.7. The molecule has 3 aromatic rings. The van der Waals surface area contributed by atoms with Crippen LogP contribution in [0, 0.1) is 19.7 Å². The fraction of sp³-hybridized carbons (Fsp3) is 0.355. The van der Waals surface area contributed by atoms with E-state index in [1.54, 1.807) is 62.4 Å². The predicted molar refractivity (Wildman–Crippen MR) is 156 cm³/mol. The molecule has 3 aromatic carbocycles.